The molecule has 3 rings (SSSR count). The molecule has 6 nitrogen and oxygen atoms in total. The zero-order valence-electron chi connectivity index (χ0n) is 13.4. The number of fused-ring (bicyclic) bond motifs is 1. The lowest BCUT2D eigenvalue weighted by Crippen LogP contribution is -2.50. The number of Topliss-reactive ketones (excluding diaryl/α,β-unsaturated/α-hetero) is 1. The summed E-state index contributed by atoms with van der Waals surface area (Å²) in [5.74, 6) is 0.828. The summed E-state index contributed by atoms with van der Waals surface area (Å²) in [6.07, 6.45) is 0.737. The van der Waals surface area contributed by atoms with E-state index in [0.29, 0.717) is 25.6 Å². The fourth-order valence-corrected chi connectivity index (χ4v) is 3.38. The second-order valence-electron chi connectivity index (χ2n) is 5.97. The molecule has 2 aliphatic rings. The van der Waals surface area contributed by atoms with E-state index in [4.69, 9.17) is 9.47 Å². The van der Waals surface area contributed by atoms with Crippen LogP contribution in [0.4, 0.5) is 4.79 Å². The molecule has 0 radical (unpaired) electrons. The zero-order valence-corrected chi connectivity index (χ0v) is 13.4. The number of hydrogen-bond donors (Lipinski definition) is 0. The van der Waals surface area contributed by atoms with E-state index >= 15 is 0 Å². The summed E-state index contributed by atoms with van der Waals surface area (Å²) in [4.78, 5) is 25.4. The monoisotopic (exact) mass is 319 g/mol. The molecule has 124 valence electrons. The van der Waals surface area contributed by atoms with Crippen LogP contribution in [0.25, 0.3) is 0 Å². The van der Waals surface area contributed by atoms with Crippen molar-refractivity contribution in [2.45, 2.75) is 31.4 Å². The average Bonchev–Trinajstić information content (AvgIpc) is 2.99. The molecular formula is C17H21NO5. The van der Waals surface area contributed by atoms with Crippen LogP contribution in [0.2, 0.25) is 0 Å². The van der Waals surface area contributed by atoms with Crippen LogP contribution in [0.5, 0.6) is 5.75 Å². The molecule has 1 heterocycles. The predicted octanol–water partition coefficient (Wildman–Crippen LogP) is 1.59. The van der Waals surface area contributed by atoms with Crippen LogP contribution >= 0.6 is 0 Å². The summed E-state index contributed by atoms with van der Waals surface area (Å²) in [6, 6.07) is 6.48. The van der Waals surface area contributed by atoms with Crippen LogP contribution in [0.1, 0.15) is 17.5 Å². The Labute approximate surface area is 135 Å². The summed E-state index contributed by atoms with van der Waals surface area (Å²) < 4.78 is 14.9. The smallest absolute Gasteiger partial charge is 0.497 e. The Bertz CT molecular complexity index is 615. The summed E-state index contributed by atoms with van der Waals surface area (Å²) in [7, 11) is 2.91. The maximum absolute atomic E-state index is 11.9. The van der Waals surface area contributed by atoms with E-state index < -0.39 is 12.3 Å². The van der Waals surface area contributed by atoms with Gasteiger partial charge in [-0.1, -0.05) is 6.07 Å². The fraction of sp³-hybridized carbons (Fsp3) is 0.529. The Morgan fingerprint density at radius 2 is 2.00 bits per heavy atom. The highest BCUT2D eigenvalue weighted by Gasteiger charge is 2.36. The zero-order chi connectivity index (χ0) is 16.4. The lowest BCUT2D eigenvalue weighted by Gasteiger charge is -2.35. The number of ketones is 1. The minimum Gasteiger partial charge on any atom is -0.497 e. The van der Waals surface area contributed by atoms with Gasteiger partial charge in [0.25, 0.3) is 0 Å². The van der Waals surface area contributed by atoms with Crippen LogP contribution in [-0.4, -0.2) is 56.3 Å². The highest BCUT2D eigenvalue weighted by molar-refractivity contribution is 5.85. The highest BCUT2D eigenvalue weighted by atomic mass is 16.7. The van der Waals surface area contributed by atoms with Gasteiger partial charge in [0.05, 0.1) is 14.2 Å². The normalized spacial score (nSPS) is 24.2. The first-order valence-corrected chi connectivity index (χ1v) is 7.78. The van der Waals surface area contributed by atoms with Crippen LogP contribution in [0.3, 0.4) is 0 Å². The van der Waals surface area contributed by atoms with Gasteiger partial charge in [0.15, 0.2) is 11.9 Å². The van der Waals surface area contributed by atoms with Crippen molar-refractivity contribution in [3.63, 3.8) is 0 Å². The van der Waals surface area contributed by atoms with E-state index in [-0.39, 0.29) is 5.78 Å². The number of rotatable bonds is 3. The van der Waals surface area contributed by atoms with Gasteiger partial charge in [0.2, 0.25) is 0 Å². The van der Waals surface area contributed by atoms with E-state index in [1.54, 1.807) is 7.11 Å². The van der Waals surface area contributed by atoms with E-state index in [9.17, 15) is 9.59 Å². The van der Waals surface area contributed by atoms with Crippen molar-refractivity contribution >= 4 is 11.9 Å². The van der Waals surface area contributed by atoms with Gasteiger partial charge in [-0.3, -0.25) is 9.69 Å². The molecule has 2 unspecified atom stereocenters. The maximum Gasteiger partial charge on any atom is 0.508 e. The number of ether oxygens (including phenoxy) is 3. The number of likely N-dealkylation sites (tertiary alicyclic amines) is 1. The van der Waals surface area contributed by atoms with E-state index in [2.05, 4.69) is 21.8 Å². The van der Waals surface area contributed by atoms with Crippen molar-refractivity contribution in [1.29, 1.82) is 0 Å². The van der Waals surface area contributed by atoms with Gasteiger partial charge in [-0.2, -0.15) is 0 Å². The van der Waals surface area contributed by atoms with Crippen molar-refractivity contribution in [3.05, 3.63) is 29.3 Å². The third-order valence-electron chi connectivity index (χ3n) is 4.65. The van der Waals surface area contributed by atoms with Crippen LogP contribution in [0, 0.1) is 0 Å². The second-order valence-corrected chi connectivity index (χ2v) is 5.97. The number of nitrogens with zero attached hydrogens (tertiary/aromatic N) is 1. The fourth-order valence-electron chi connectivity index (χ4n) is 3.38. The molecule has 1 fully saturated rings. The summed E-state index contributed by atoms with van der Waals surface area (Å²) in [5, 5.41) is 0. The minimum absolute atomic E-state index is 0.0381. The van der Waals surface area contributed by atoms with Gasteiger partial charge in [0.1, 0.15) is 5.75 Å². The molecule has 1 aromatic rings. The van der Waals surface area contributed by atoms with E-state index in [0.717, 1.165) is 18.6 Å². The number of benzene rings is 1. The first-order chi connectivity index (χ1) is 11.1. The Balaban J connectivity index is 1.66. The number of methoxy groups -OCH3 is 2. The maximum atomic E-state index is 11.9. The number of piperidine rings is 1. The van der Waals surface area contributed by atoms with Crippen molar-refractivity contribution in [3.8, 4) is 5.75 Å². The van der Waals surface area contributed by atoms with Crippen LogP contribution in [-0.2, 0) is 27.1 Å². The molecule has 1 aromatic carbocycles. The van der Waals surface area contributed by atoms with Gasteiger partial charge in [-0.05, 0) is 36.1 Å². The standard InChI is InChI=1S/C17H21NO5/c1-21-14-4-3-11-7-13(8-12(11)9-14)18-6-5-15(19)16(10-18)23-17(20)22-2/h3-4,9,13,16H,5-8,10H2,1-2H3. The van der Waals surface area contributed by atoms with Crippen LogP contribution in [0.15, 0.2) is 18.2 Å². The average molecular weight is 319 g/mol. The predicted molar refractivity (Wildman–Crippen MR) is 82.7 cm³/mol. The van der Waals surface area contributed by atoms with E-state index in [1.807, 2.05) is 6.07 Å². The van der Waals surface area contributed by atoms with Crippen molar-refractivity contribution in [2.75, 3.05) is 27.3 Å². The van der Waals surface area contributed by atoms with Crippen molar-refractivity contribution < 1.29 is 23.8 Å². The Hall–Kier alpha value is -2.08. The molecule has 1 aliphatic heterocycles. The topological polar surface area (TPSA) is 65.1 Å². The summed E-state index contributed by atoms with van der Waals surface area (Å²) >= 11 is 0. The third kappa shape index (κ3) is 3.32. The number of hydrogen-bond acceptors (Lipinski definition) is 6. The Morgan fingerprint density at radius 1 is 1.22 bits per heavy atom. The molecule has 1 saturated heterocycles. The van der Waals surface area contributed by atoms with Crippen molar-refractivity contribution in [2.24, 2.45) is 0 Å². The second kappa shape index (κ2) is 6.58. The number of carbonyl (C=O) groups excluding carboxylic acids is 2. The Kier molecular flexibility index (Phi) is 4.52. The Morgan fingerprint density at radius 3 is 2.74 bits per heavy atom. The molecule has 23 heavy (non-hydrogen) atoms. The molecule has 0 N–H and O–H groups in total. The first kappa shape index (κ1) is 15.8. The van der Waals surface area contributed by atoms with Gasteiger partial charge in [-0.25, -0.2) is 4.79 Å². The molecule has 0 spiro atoms. The molecule has 2 atom stereocenters. The molecular weight excluding hydrogens is 298 g/mol. The van der Waals surface area contributed by atoms with Gasteiger partial charge >= 0.3 is 6.16 Å². The number of carbonyl (C=O) groups is 2. The quantitative estimate of drug-likeness (QED) is 0.788. The lowest BCUT2D eigenvalue weighted by atomic mass is 10.0. The minimum atomic E-state index is -0.801. The summed E-state index contributed by atoms with van der Waals surface area (Å²) in [5.41, 5.74) is 2.61. The largest absolute Gasteiger partial charge is 0.508 e. The molecule has 1 aliphatic carbocycles. The van der Waals surface area contributed by atoms with Crippen LogP contribution < -0.4 is 4.74 Å². The van der Waals surface area contributed by atoms with Crippen molar-refractivity contribution in [1.82, 2.24) is 4.90 Å². The highest BCUT2D eigenvalue weighted by Crippen LogP contribution is 2.30. The van der Waals surface area contributed by atoms with Gasteiger partial charge in [-0.15, -0.1) is 0 Å². The lowest BCUT2D eigenvalue weighted by molar-refractivity contribution is -0.134. The molecule has 0 saturated carbocycles. The molecule has 0 amide bonds. The van der Waals surface area contributed by atoms with Gasteiger partial charge in [0, 0.05) is 25.6 Å². The molecule has 6 heteroatoms. The summed E-state index contributed by atoms with van der Waals surface area (Å²) in [6.45, 7) is 1.14. The van der Waals surface area contributed by atoms with E-state index in [1.165, 1.54) is 18.2 Å². The molecule has 0 aromatic heterocycles. The SMILES string of the molecule is COC(=O)OC1CN(C2Cc3ccc(OC)cc3C2)CCC1=O. The first-order valence-electron chi connectivity index (χ1n) is 7.78. The third-order valence-corrected chi connectivity index (χ3v) is 4.65. The molecule has 0 bridgehead atoms. The van der Waals surface area contributed by atoms with Gasteiger partial charge < -0.3 is 14.2 Å².